The molecule has 0 rings (SSSR count). The minimum atomic E-state index is -3.80. The number of rotatable bonds is 3. The Kier molecular flexibility index (Phi) is 3.93. The van der Waals surface area contributed by atoms with Crippen molar-refractivity contribution in [2.24, 2.45) is 0 Å². The van der Waals surface area contributed by atoms with Crippen LogP contribution in [0.4, 0.5) is 0 Å². The Morgan fingerprint density at radius 2 is 2.00 bits per heavy atom. The van der Waals surface area contributed by atoms with Gasteiger partial charge >= 0.3 is 53.3 Å². The summed E-state index contributed by atoms with van der Waals surface area (Å²) in [7, 11) is -3.80. The number of hydrogen-bond acceptors (Lipinski definition) is 2. The first-order chi connectivity index (χ1) is 3.56. The van der Waals surface area contributed by atoms with Crippen molar-refractivity contribution in [2.75, 3.05) is 6.16 Å². The molecule has 0 heterocycles. The van der Waals surface area contributed by atoms with E-state index in [4.69, 9.17) is 13.9 Å². The van der Waals surface area contributed by atoms with Crippen LogP contribution in [0.15, 0.2) is 0 Å². The summed E-state index contributed by atoms with van der Waals surface area (Å²) in [4.78, 5) is 16.4. The Bertz CT molecular complexity index is 98.2. The van der Waals surface area contributed by atoms with E-state index in [1.54, 1.807) is 0 Å². The van der Waals surface area contributed by atoms with Gasteiger partial charge in [0.25, 0.3) is 0 Å². The first-order valence-corrected chi connectivity index (χ1v) is 7.44. The minimum absolute atomic E-state index is 0.135. The molecular formula is C2H9GeO4P. The van der Waals surface area contributed by atoms with E-state index in [2.05, 4.69) is 0 Å². The van der Waals surface area contributed by atoms with Gasteiger partial charge in [0.1, 0.15) is 0 Å². The Morgan fingerprint density at radius 1 is 1.50 bits per heavy atom. The van der Waals surface area contributed by atoms with Crippen molar-refractivity contribution in [1.82, 2.24) is 0 Å². The first-order valence-electron chi connectivity index (χ1n) is 2.22. The third-order valence-electron chi connectivity index (χ3n) is 0.608. The molecule has 0 aromatic heterocycles. The molecule has 0 aromatic carbocycles. The molecule has 0 aliphatic rings. The van der Waals surface area contributed by atoms with Crippen molar-refractivity contribution in [2.45, 2.75) is 5.25 Å². The fraction of sp³-hybridized carbons (Fsp3) is 1.00. The SMILES string of the molecule is O=P(O)(O)C[CH2][GeH2][OH]. The van der Waals surface area contributed by atoms with Gasteiger partial charge in [0.05, 0.1) is 0 Å². The summed E-state index contributed by atoms with van der Waals surface area (Å²) >= 11 is -1.51. The van der Waals surface area contributed by atoms with Gasteiger partial charge in [-0.2, -0.15) is 0 Å². The van der Waals surface area contributed by atoms with Crippen molar-refractivity contribution in [3.8, 4) is 0 Å². The normalized spacial score (nSPS) is 13.4. The van der Waals surface area contributed by atoms with Crippen LogP contribution in [0.5, 0.6) is 0 Å². The summed E-state index contributed by atoms with van der Waals surface area (Å²) in [5, 5.41) is 0.358. The molecule has 0 aliphatic carbocycles. The van der Waals surface area contributed by atoms with E-state index < -0.39 is 23.4 Å². The second-order valence-electron chi connectivity index (χ2n) is 1.47. The zero-order valence-corrected chi connectivity index (χ0v) is 8.18. The Balaban J connectivity index is 3.26. The van der Waals surface area contributed by atoms with Crippen molar-refractivity contribution in [3.05, 3.63) is 0 Å². The Labute approximate surface area is 53.9 Å². The zero-order chi connectivity index (χ0) is 6.62. The van der Waals surface area contributed by atoms with Crippen LogP contribution in [-0.2, 0) is 4.57 Å². The maximum atomic E-state index is 10.0. The molecule has 8 heavy (non-hydrogen) atoms. The summed E-state index contributed by atoms with van der Waals surface area (Å²) in [6.07, 6.45) is -0.135. The molecule has 0 atom stereocenters. The quantitative estimate of drug-likeness (QED) is 0.389. The van der Waals surface area contributed by atoms with Crippen LogP contribution >= 0.6 is 7.60 Å². The van der Waals surface area contributed by atoms with Crippen molar-refractivity contribution in [3.63, 3.8) is 0 Å². The topological polar surface area (TPSA) is 77.8 Å². The van der Waals surface area contributed by atoms with Crippen LogP contribution in [0.3, 0.4) is 0 Å². The van der Waals surface area contributed by atoms with E-state index in [9.17, 15) is 4.57 Å². The van der Waals surface area contributed by atoms with E-state index in [0.29, 0.717) is 5.25 Å². The van der Waals surface area contributed by atoms with Gasteiger partial charge in [0.2, 0.25) is 0 Å². The average Bonchev–Trinajstić information content (AvgIpc) is 1.59. The van der Waals surface area contributed by atoms with Gasteiger partial charge in [-0.15, -0.1) is 0 Å². The molecular weight excluding hydrogens is 192 g/mol. The van der Waals surface area contributed by atoms with Gasteiger partial charge in [-0.3, -0.25) is 0 Å². The van der Waals surface area contributed by atoms with Crippen LogP contribution in [0.1, 0.15) is 0 Å². The van der Waals surface area contributed by atoms with E-state index in [1.165, 1.54) is 0 Å². The van der Waals surface area contributed by atoms with E-state index >= 15 is 0 Å². The third kappa shape index (κ3) is 6.65. The van der Waals surface area contributed by atoms with Crippen molar-refractivity contribution >= 4 is 23.4 Å². The second-order valence-corrected chi connectivity index (χ2v) is 5.66. The van der Waals surface area contributed by atoms with Gasteiger partial charge in [0.15, 0.2) is 0 Å². The third-order valence-corrected chi connectivity index (χ3v) is 4.16. The summed E-state index contributed by atoms with van der Waals surface area (Å²) in [6.45, 7) is 0. The predicted molar refractivity (Wildman–Crippen MR) is 32.5 cm³/mol. The molecule has 0 radical (unpaired) electrons. The molecule has 0 aliphatic heterocycles. The van der Waals surface area contributed by atoms with Crippen LogP contribution in [0.25, 0.3) is 0 Å². The predicted octanol–water partition coefficient (Wildman–Crippen LogP) is -1.34. The molecule has 0 spiro atoms. The molecule has 0 bridgehead atoms. The average molecular weight is 201 g/mol. The molecule has 0 unspecified atom stereocenters. The molecule has 0 saturated heterocycles. The fourth-order valence-corrected chi connectivity index (χ4v) is 4.31. The number of hydrogen-bond donors (Lipinski definition) is 3. The Hall–Kier alpha value is 0.653. The molecule has 0 amide bonds. The van der Waals surface area contributed by atoms with Crippen LogP contribution in [0, 0.1) is 0 Å². The van der Waals surface area contributed by atoms with Crippen LogP contribution in [0.2, 0.25) is 5.25 Å². The molecule has 4 nitrogen and oxygen atoms in total. The summed E-state index contributed by atoms with van der Waals surface area (Å²) in [6, 6.07) is 0. The van der Waals surface area contributed by atoms with Gasteiger partial charge < -0.3 is 0 Å². The molecule has 6 heteroatoms. The van der Waals surface area contributed by atoms with Gasteiger partial charge in [-0.1, -0.05) is 0 Å². The Morgan fingerprint density at radius 3 is 2.12 bits per heavy atom. The summed E-state index contributed by atoms with van der Waals surface area (Å²) < 4.78 is 18.3. The second kappa shape index (κ2) is 3.64. The summed E-state index contributed by atoms with van der Waals surface area (Å²) in [5.74, 6) is 0. The maximum absolute atomic E-state index is 10.0. The monoisotopic (exact) mass is 202 g/mol. The van der Waals surface area contributed by atoms with Crippen molar-refractivity contribution < 1.29 is 18.5 Å². The molecule has 50 valence electrons. The van der Waals surface area contributed by atoms with E-state index in [-0.39, 0.29) is 6.16 Å². The first kappa shape index (κ1) is 8.65. The molecule has 3 N–H and O–H groups in total. The zero-order valence-electron chi connectivity index (χ0n) is 4.32. The van der Waals surface area contributed by atoms with Crippen molar-refractivity contribution in [1.29, 1.82) is 0 Å². The van der Waals surface area contributed by atoms with Gasteiger partial charge in [-0.05, 0) is 0 Å². The molecule has 0 saturated carbocycles. The summed E-state index contributed by atoms with van der Waals surface area (Å²) in [5.41, 5.74) is 0. The van der Waals surface area contributed by atoms with E-state index in [1.807, 2.05) is 0 Å². The fourth-order valence-electron chi connectivity index (χ4n) is 0.277. The van der Waals surface area contributed by atoms with E-state index in [0.717, 1.165) is 0 Å². The molecule has 0 fully saturated rings. The standard InChI is InChI=1S/C2H9GeO4P/c4-3-1-2-8(5,6)7/h4H,1-3H2,(H2,5,6,7). The van der Waals surface area contributed by atoms with Crippen LogP contribution in [-0.4, -0.2) is 35.9 Å². The van der Waals surface area contributed by atoms with Gasteiger partial charge in [0, 0.05) is 0 Å². The molecule has 0 aromatic rings. The van der Waals surface area contributed by atoms with Crippen LogP contribution < -0.4 is 0 Å². The van der Waals surface area contributed by atoms with Gasteiger partial charge in [-0.25, -0.2) is 0 Å².